The highest BCUT2D eigenvalue weighted by Crippen LogP contribution is 2.16. The second kappa shape index (κ2) is 9.23. The van der Waals surface area contributed by atoms with Crippen LogP contribution in [-0.4, -0.2) is 18.3 Å². The largest absolute Gasteiger partial charge is 0.486 e. The molecule has 0 spiro atoms. The van der Waals surface area contributed by atoms with Gasteiger partial charge in [0.05, 0.1) is 0 Å². The fraction of sp³-hybridized carbons (Fsp3) is 0.263. The number of aryl methyl sites for hydroxylation is 1. The van der Waals surface area contributed by atoms with Gasteiger partial charge in [0.1, 0.15) is 12.4 Å². The SMILES string of the molecule is Cc1ccccc1CNC(=O)CCC(=O)COc1ccc(Br)cc1. The van der Waals surface area contributed by atoms with Gasteiger partial charge >= 0.3 is 0 Å². The molecule has 0 saturated carbocycles. The second-order valence-electron chi connectivity index (χ2n) is 5.48. The van der Waals surface area contributed by atoms with Crippen LogP contribution in [0.1, 0.15) is 24.0 Å². The van der Waals surface area contributed by atoms with E-state index in [1.165, 1.54) is 0 Å². The average Bonchev–Trinajstić information content (AvgIpc) is 2.58. The van der Waals surface area contributed by atoms with Gasteiger partial charge in [0.25, 0.3) is 0 Å². The first-order valence-electron chi connectivity index (χ1n) is 7.76. The molecule has 24 heavy (non-hydrogen) atoms. The quantitative estimate of drug-likeness (QED) is 0.746. The standard InChI is InChI=1S/C19H20BrNO3/c1-14-4-2-3-5-15(14)12-21-19(23)11-8-17(22)13-24-18-9-6-16(20)7-10-18/h2-7,9-10H,8,11-13H2,1H3,(H,21,23). The van der Waals surface area contributed by atoms with Gasteiger partial charge in [-0.15, -0.1) is 0 Å². The normalized spacial score (nSPS) is 10.2. The summed E-state index contributed by atoms with van der Waals surface area (Å²) in [5.41, 5.74) is 2.22. The Kier molecular flexibility index (Phi) is 7.00. The van der Waals surface area contributed by atoms with Crippen molar-refractivity contribution in [3.63, 3.8) is 0 Å². The lowest BCUT2D eigenvalue weighted by atomic mass is 10.1. The molecule has 2 aromatic rings. The molecule has 0 radical (unpaired) electrons. The summed E-state index contributed by atoms with van der Waals surface area (Å²) >= 11 is 3.34. The highest BCUT2D eigenvalue weighted by Gasteiger charge is 2.08. The van der Waals surface area contributed by atoms with Crippen molar-refractivity contribution in [2.24, 2.45) is 0 Å². The Morgan fingerprint density at radius 2 is 1.75 bits per heavy atom. The summed E-state index contributed by atoms with van der Waals surface area (Å²) in [7, 11) is 0. The highest BCUT2D eigenvalue weighted by atomic mass is 79.9. The van der Waals surface area contributed by atoms with Crippen LogP contribution in [0.3, 0.4) is 0 Å². The summed E-state index contributed by atoms with van der Waals surface area (Å²) in [6.45, 7) is 2.46. The number of carbonyl (C=O) groups excluding carboxylic acids is 2. The molecule has 0 atom stereocenters. The molecule has 0 saturated heterocycles. The first kappa shape index (κ1) is 18.2. The number of hydrogen-bond acceptors (Lipinski definition) is 3. The first-order valence-corrected chi connectivity index (χ1v) is 8.55. The maximum Gasteiger partial charge on any atom is 0.220 e. The number of nitrogens with one attached hydrogen (secondary N) is 1. The number of hydrogen-bond donors (Lipinski definition) is 1. The van der Waals surface area contributed by atoms with Gasteiger partial charge < -0.3 is 10.1 Å². The molecule has 2 aromatic carbocycles. The summed E-state index contributed by atoms with van der Waals surface area (Å²) in [5, 5.41) is 2.84. The van der Waals surface area contributed by atoms with Crippen LogP contribution >= 0.6 is 15.9 Å². The molecule has 126 valence electrons. The second-order valence-corrected chi connectivity index (χ2v) is 6.40. The van der Waals surface area contributed by atoms with Crippen molar-refractivity contribution in [3.8, 4) is 5.75 Å². The van der Waals surface area contributed by atoms with Crippen molar-refractivity contribution in [2.75, 3.05) is 6.61 Å². The third-order valence-corrected chi connectivity index (χ3v) is 4.11. The van der Waals surface area contributed by atoms with Gasteiger partial charge in [-0.2, -0.15) is 0 Å². The Labute approximate surface area is 150 Å². The van der Waals surface area contributed by atoms with Crippen molar-refractivity contribution >= 4 is 27.6 Å². The van der Waals surface area contributed by atoms with Crippen molar-refractivity contribution in [1.29, 1.82) is 0 Å². The highest BCUT2D eigenvalue weighted by molar-refractivity contribution is 9.10. The van der Waals surface area contributed by atoms with Crippen molar-refractivity contribution in [1.82, 2.24) is 5.32 Å². The van der Waals surface area contributed by atoms with Crippen LogP contribution in [0.15, 0.2) is 53.0 Å². The zero-order valence-corrected chi connectivity index (χ0v) is 15.1. The van der Waals surface area contributed by atoms with Gasteiger partial charge in [0, 0.05) is 23.9 Å². The van der Waals surface area contributed by atoms with Gasteiger partial charge in [-0.05, 0) is 42.3 Å². The minimum absolute atomic E-state index is 0.0211. The van der Waals surface area contributed by atoms with Crippen LogP contribution in [0.2, 0.25) is 0 Å². The Bertz CT molecular complexity index is 698. The zero-order chi connectivity index (χ0) is 17.4. The van der Waals surface area contributed by atoms with Crippen LogP contribution < -0.4 is 10.1 Å². The van der Waals surface area contributed by atoms with E-state index in [9.17, 15) is 9.59 Å². The number of halogens is 1. The number of rotatable bonds is 8. The molecule has 4 nitrogen and oxygen atoms in total. The van der Waals surface area contributed by atoms with E-state index < -0.39 is 0 Å². The zero-order valence-electron chi connectivity index (χ0n) is 13.5. The Balaban J connectivity index is 1.66. The van der Waals surface area contributed by atoms with Crippen LogP contribution in [-0.2, 0) is 16.1 Å². The Morgan fingerprint density at radius 1 is 1.04 bits per heavy atom. The number of Topliss-reactive ketones (excluding diaryl/α,β-unsaturated/α-hetero) is 1. The number of ketones is 1. The van der Waals surface area contributed by atoms with Gasteiger partial charge in [-0.25, -0.2) is 0 Å². The molecular formula is C19H20BrNO3. The first-order chi connectivity index (χ1) is 11.5. The lowest BCUT2D eigenvalue weighted by Gasteiger charge is -2.08. The molecule has 2 rings (SSSR count). The van der Waals surface area contributed by atoms with E-state index in [1.54, 1.807) is 12.1 Å². The predicted molar refractivity (Wildman–Crippen MR) is 96.9 cm³/mol. The third kappa shape index (κ3) is 6.16. The van der Waals surface area contributed by atoms with E-state index in [2.05, 4.69) is 21.2 Å². The monoisotopic (exact) mass is 389 g/mol. The maximum absolute atomic E-state index is 11.8. The number of carbonyl (C=O) groups is 2. The topological polar surface area (TPSA) is 55.4 Å². The molecular weight excluding hydrogens is 370 g/mol. The summed E-state index contributed by atoms with van der Waals surface area (Å²) < 4.78 is 6.35. The van der Waals surface area contributed by atoms with Crippen LogP contribution in [0.25, 0.3) is 0 Å². The molecule has 0 aromatic heterocycles. The summed E-state index contributed by atoms with van der Waals surface area (Å²) in [6.07, 6.45) is 0.352. The molecule has 5 heteroatoms. The van der Waals surface area contributed by atoms with Crippen LogP contribution in [0.4, 0.5) is 0 Å². The summed E-state index contributed by atoms with van der Waals surface area (Å²) in [5.74, 6) is 0.412. The minimum Gasteiger partial charge on any atom is -0.486 e. The number of ether oxygens (including phenoxy) is 1. The Hall–Kier alpha value is -2.14. The maximum atomic E-state index is 11.8. The van der Waals surface area contributed by atoms with E-state index in [0.717, 1.165) is 15.6 Å². The molecule has 1 N–H and O–H groups in total. The van der Waals surface area contributed by atoms with E-state index in [0.29, 0.717) is 12.3 Å². The lowest BCUT2D eigenvalue weighted by molar-refractivity contribution is -0.126. The smallest absolute Gasteiger partial charge is 0.220 e. The predicted octanol–water partition coefficient (Wildman–Crippen LogP) is 3.80. The lowest BCUT2D eigenvalue weighted by Crippen LogP contribution is -2.24. The molecule has 0 unspecified atom stereocenters. The molecule has 0 aliphatic heterocycles. The van der Waals surface area contributed by atoms with Crippen molar-refractivity contribution < 1.29 is 14.3 Å². The summed E-state index contributed by atoms with van der Waals surface area (Å²) in [4.78, 5) is 23.6. The molecule has 1 amide bonds. The number of amides is 1. The van der Waals surface area contributed by atoms with Crippen LogP contribution in [0, 0.1) is 6.92 Å². The van der Waals surface area contributed by atoms with E-state index in [-0.39, 0.29) is 31.1 Å². The van der Waals surface area contributed by atoms with Crippen molar-refractivity contribution in [2.45, 2.75) is 26.3 Å². The van der Waals surface area contributed by atoms with Crippen molar-refractivity contribution in [3.05, 3.63) is 64.1 Å². The minimum atomic E-state index is -0.129. The van der Waals surface area contributed by atoms with E-state index >= 15 is 0 Å². The Morgan fingerprint density at radius 3 is 2.46 bits per heavy atom. The molecule has 0 aliphatic carbocycles. The van der Waals surface area contributed by atoms with Crippen LogP contribution in [0.5, 0.6) is 5.75 Å². The number of benzene rings is 2. The van der Waals surface area contributed by atoms with Gasteiger partial charge in [0.15, 0.2) is 5.78 Å². The molecule has 0 heterocycles. The molecule has 0 aliphatic rings. The molecule has 0 fully saturated rings. The fourth-order valence-corrected chi connectivity index (χ4v) is 2.37. The summed E-state index contributed by atoms with van der Waals surface area (Å²) in [6, 6.07) is 15.1. The van der Waals surface area contributed by atoms with Gasteiger partial charge in [0.2, 0.25) is 5.91 Å². The third-order valence-electron chi connectivity index (χ3n) is 3.58. The van der Waals surface area contributed by atoms with E-state index in [1.807, 2.05) is 43.3 Å². The fourth-order valence-electron chi connectivity index (χ4n) is 2.11. The molecule has 0 bridgehead atoms. The van der Waals surface area contributed by atoms with E-state index in [4.69, 9.17) is 4.74 Å². The van der Waals surface area contributed by atoms with Gasteiger partial charge in [-0.3, -0.25) is 9.59 Å². The average molecular weight is 390 g/mol. The van der Waals surface area contributed by atoms with Gasteiger partial charge in [-0.1, -0.05) is 40.2 Å².